The number of hydrogen-bond acceptors (Lipinski definition) is 4. The maximum absolute atomic E-state index is 11.7. The normalized spacial score (nSPS) is 10.6. The number of benzene rings is 1. The van der Waals surface area contributed by atoms with Gasteiger partial charge in [-0.15, -0.1) is 16.4 Å². The second kappa shape index (κ2) is 4.03. The van der Waals surface area contributed by atoms with Gasteiger partial charge in [-0.1, -0.05) is 18.2 Å². The van der Waals surface area contributed by atoms with Gasteiger partial charge < -0.3 is 4.42 Å². The summed E-state index contributed by atoms with van der Waals surface area (Å²) in [4.78, 5) is 11.7. The Labute approximate surface area is 101 Å². The van der Waals surface area contributed by atoms with Gasteiger partial charge in [-0.3, -0.25) is 0 Å². The lowest BCUT2D eigenvalue weighted by molar-refractivity contribution is 0.517. The molecule has 17 heavy (non-hydrogen) atoms. The van der Waals surface area contributed by atoms with Crippen LogP contribution in [0.5, 0.6) is 0 Å². The van der Waals surface area contributed by atoms with Crippen molar-refractivity contribution in [3.63, 3.8) is 0 Å². The van der Waals surface area contributed by atoms with Crippen LogP contribution in [0.25, 0.3) is 16.5 Å². The number of nitrogens with zero attached hydrogens (tertiary/aromatic N) is 2. The van der Waals surface area contributed by atoms with E-state index in [1.807, 2.05) is 47.8 Å². The van der Waals surface area contributed by atoms with Gasteiger partial charge in [0.05, 0.1) is 0 Å². The quantitative estimate of drug-likeness (QED) is 0.696. The van der Waals surface area contributed by atoms with E-state index in [4.69, 9.17) is 4.42 Å². The highest BCUT2D eigenvalue weighted by molar-refractivity contribution is 7.12. The van der Waals surface area contributed by atoms with E-state index < -0.39 is 5.76 Å². The summed E-state index contributed by atoms with van der Waals surface area (Å²) in [6.45, 7) is 0. The average molecular weight is 244 g/mol. The van der Waals surface area contributed by atoms with E-state index in [9.17, 15) is 4.79 Å². The highest BCUT2D eigenvalue weighted by Crippen LogP contribution is 2.17. The Kier molecular flexibility index (Phi) is 2.38. The zero-order chi connectivity index (χ0) is 11.7. The molecule has 3 rings (SSSR count). The molecule has 0 aliphatic heterocycles. The summed E-state index contributed by atoms with van der Waals surface area (Å²) in [6, 6.07) is 13.0. The summed E-state index contributed by atoms with van der Waals surface area (Å²) >= 11 is 1.44. The molecule has 0 unspecified atom stereocenters. The Morgan fingerprint density at radius 1 is 1.12 bits per heavy atom. The van der Waals surface area contributed by atoms with Crippen LogP contribution in [0.3, 0.4) is 0 Å². The molecule has 1 aromatic carbocycles. The summed E-state index contributed by atoms with van der Waals surface area (Å²) in [7, 11) is 0. The fraction of sp³-hybridized carbons (Fsp3) is 0. The maximum Gasteiger partial charge on any atom is 0.443 e. The molecule has 5 heteroatoms. The number of hydrogen-bond donors (Lipinski definition) is 0. The maximum atomic E-state index is 11.7. The van der Waals surface area contributed by atoms with E-state index in [0.29, 0.717) is 5.89 Å². The van der Waals surface area contributed by atoms with Gasteiger partial charge in [0, 0.05) is 5.56 Å². The molecular weight excluding hydrogens is 236 g/mol. The molecule has 0 spiro atoms. The second-order valence-corrected chi connectivity index (χ2v) is 4.33. The van der Waals surface area contributed by atoms with Crippen LogP contribution in [0.15, 0.2) is 57.1 Å². The van der Waals surface area contributed by atoms with Crippen molar-refractivity contribution in [2.24, 2.45) is 0 Å². The second-order valence-electron chi connectivity index (χ2n) is 3.40. The van der Waals surface area contributed by atoms with Gasteiger partial charge in [0.25, 0.3) is 0 Å². The first kappa shape index (κ1) is 10.0. The van der Waals surface area contributed by atoms with Crippen molar-refractivity contribution in [1.82, 2.24) is 9.78 Å². The standard InChI is InChI=1S/C12H8N2O2S/c15-12-14(10-7-4-8-17-10)13-11(16-12)9-5-2-1-3-6-9/h1-8H. The number of rotatable bonds is 2. The molecule has 0 aliphatic carbocycles. The first-order valence-corrected chi connectivity index (χ1v) is 5.92. The molecule has 84 valence electrons. The Morgan fingerprint density at radius 2 is 1.94 bits per heavy atom. The van der Waals surface area contributed by atoms with Gasteiger partial charge in [0.1, 0.15) is 5.00 Å². The van der Waals surface area contributed by atoms with Crippen molar-refractivity contribution >= 4 is 11.3 Å². The molecule has 0 fully saturated rings. The van der Waals surface area contributed by atoms with Crippen LogP contribution in [-0.4, -0.2) is 9.78 Å². The molecule has 0 saturated heterocycles. The van der Waals surface area contributed by atoms with Gasteiger partial charge in [-0.2, -0.15) is 4.68 Å². The van der Waals surface area contributed by atoms with Crippen LogP contribution in [0.1, 0.15) is 0 Å². The Balaban J connectivity index is 2.11. The van der Waals surface area contributed by atoms with Crippen molar-refractivity contribution in [2.75, 3.05) is 0 Å². The predicted octanol–water partition coefficient (Wildman–Crippen LogP) is 2.55. The minimum Gasteiger partial charge on any atom is -0.387 e. The van der Waals surface area contributed by atoms with E-state index in [0.717, 1.165) is 10.6 Å². The topological polar surface area (TPSA) is 48.0 Å². The van der Waals surface area contributed by atoms with Crippen molar-refractivity contribution < 1.29 is 4.42 Å². The highest BCUT2D eigenvalue weighted by atomic mass is 32.1. The summed E-state index contributed by atoms with van der Waals surface area (Å²) in [6.07, 6.45) is 0. The van der Waals surface area contributed by atoms with Gasteiger partial charge in [0.15, 0.2) is 0 Å². The molecule has 2 aromatic heterocycles. The molecule has 0 N–H and O–H groups in total. The highest BCUT2D eigenvalue weighted by Gasteiger charge is 2.11. The van der Waals surface area contributed by atoms with Crippen LogP contribution in [0, 0.1) is 0 Å². The van der Waals surface area contributed by atoms with Gasteiger partial charge in [-0.05, 0) is 29.6 Å². The van der Waals surface area contributed by atoms with Gasteiger partial charge >= 0.3 is 5.76 Å². The number of thiophene rings is 1. The lowest BCUT2D eigenvalue weighted by atomic mass is 10.2. The summed E-state index contributed by atoms with van der Waals surface area (Å²) in [5.41, 5.74) is 0.792. The van der Waals surface area contributed by atoms with E-state index in [-0.39, 0.29) is 0 Å². The van der Waals surface area contributed by atoms with Gasteiger partial charge in [-0.25, -0.2) is 4.79 Å². The SMILES string of the molecule is O=c1oc(-c2ccccc2)nn1-c1cccs1. The van der Waals surface area contributed by atoms with Crippen molar-refractivity contribution in [3.8, 4) is 16.5 Å². The Hall–Kier alpha value is -2.14. The van der Waals surface area contributed by atoms with Crippen molar-refractivity contribution in [1.29, 1.82) is 0 Å². The molecular formula is C12H8N2O2S. The molecule has 0 atom stereocenters. The van der Waals surface area contributed by atoms with Crippen molar-refractivity contribution in [2.45, 2.75) is 0 Å². The first-order valence-electron chi connectivity index (χ1n) is 5.04. The zero-order valence-electron chi connectivity index (χ0n) is 8.74. The Bertz CT molecular complexity index is 668. The largest absolute Gasteiger partial charge is 0.443 e. The third-order valence-electron chi connectivity index (χ3n) is 2.28. The molecule has 0 amide bonds. The fourth-order valence-corrected chi connectivity index (χ4v) is 2.17. The lowest BCUT2D eigenvalue weighted by Crippen LogP contribution is -2.11. The van der Waals surface area contributed by atoms with Crippen LogP contribution < -0.4 is 5.76 Å². The smallest absolute Gasteiger partial charge is 0.387 e. The molecule has 0 aliphatic rings. The Morgan fingerprint density at radius 3 is 2.65 bits per heavy atom. The minimum atomic E-state index is -0.466. The monoisotopic (exact) mass is 244 g/mol. The summed E-state index contributed by atoms with van der Waals surface area (Å²) < 4.78 is 6.40. The van der Waals surface area contributed by atoms with E-state index >= 15 is 0 Å². The zero-order valence-corrected chi connectivity index (χ0v) is 9.55. The summed E-state index contributed by atoms with van der Waals surface area (Å²) in [5.74, 6) is -0.129. The number of aromatic nitrogens is 2. The third-order valence-corrected chi connectivity index (χ3v) is 3.13. The van der Waals surface area contributed by atoms with E-state index in [1.165, 1.54) is 16.0 Å². The molecule has 4 nitrogen and oxygen atoms in total. The molecule has 0 saturated carbocycles. The lowest BCUT2D eigenvalue weighted by Gasteiger charge is -1.92. The fourth-order valence-electron chi connectivity index (χ4n) is 1.51. The molecule has 0 radical (unpaired) electrons. The van der Waals surface area contributed by atoms with Gasteiger partial charge in [0.2, 0.25) is 5.89 Å². The predicted molar refractivity (Wildman–Crippen MR) is 65.4 cm³/mol. The average Bonchev–Trinajstić information content (AvgIpc) is 2.99. The first-order chi connectivity index (χ1) is 8.34. The molecule has 2 heterocycles. The van der Waals surface area contributed by atoms with E-state index in [1.54, 1.807) is 0 Å². The third kappa shape index (κ3) is 1.81. The molecule has 3 aromatic rings. The minimum absolute atomic E-state index is 0.337. The van der Waals surface area contributed by atoms with Crippen molar-refractivity contribution in [3.05, 3.63) is 58.4 Å². The van der Waals surface area contributed by atoms with Crippen LogP contribution in [0.2, 0.25) is 0 Å². The van der Waals surface area contributed by atoms with Crippen LogP contribution in [0.4, 0.5) is 0 Å². The van der Waals surface area contributed by atoms with Crippen LogP contribution >= 0.6 is 11.3 Å². The van der Waals surface area contributed by atoms with Crippen LogP contribution in [-0.2, 0) is 0 Å². The molecule has 0 bridgehead atoms. The van der Waals surface area contributed by atoms with E-state index in [2.05, 4.69) is 5.10 Å². The summed E-state index contributed by atoms with van der Waals surface area (Å²) in [5, 5.41) is 6.81.